The van der Waals surface area contributed by atoms with Crippen molar-refractivity contribution in [1.29, 1.82) is 0 Å². The summed E-state index contributed by atoms with van der Waals surface area (Å²) in [7, 11) is 1.82. The maximum atomic E-state index is 5.69. The van der Waals surface area contributed by atoms with Crippen LogP contribution in [0.2, 0.25) is 0 Å². The summed E-state index contributed by atoms with van der Waals surface area (Å²) in [6.45, 7) is 12.1. The van der Waals surface area contributed by atoms with E-state index in [9.17, 15) is 0 Å². The molecule has 1 atom stereocenters. The number of ether oxygens (including phenoxy) is 2. The number of guanidine groups is 1. The number of nitrogens with zero attached hydrogens (tertiary/aromatic N) is 1. The second-order valence-corrected chi connectivity index (χ2v) is 7.25. The highest BCUT2D eigenvalue weighted by molar-refractivity contribution is 14.0. The van der Waals surface area contributed by atoms with Gasteiger partial charge >= 0.3 is 0 Å². The molecule has 1 aliphatic heterocycles. The fraction of sp³-hybridized carbons (Fsp3) is 0.941. The molecule has 0 amide bonds. The van der Waals surface area contributed by atoms with E-state index in [-0.39, 0.29) is 24.0 Å². The lowest BCUT2D eigenvalue weighted by Crippen LogP contribution is -2.38. The van der Waals surface area contributed by atoms with Gasteiger partial charge in [-0.3, -0.25) is 4.99 Å². The quantitative estimate of drug-likeness (QED) is 0.250. The van der Waals surface area contributed by atoms with Crippen LogP contribution in [0.1, 0.15) is 46.5 Å². The van der Waals surface area contributed by atoms with E-state index < -0.39 is 0 Å². The van der Waals surface area contributed by atoms with E-state index in [1.165, 1.54) is 6.42 Å². The molecule has 0 aliphatic carbocycles. The summed E-state index contributed by atoms with van der Waals surface area (Å²) in [6, 6.07) is 0. The van der Waals surface area contributed by atoms with Gasteiger partial charge in [-0.05, 0) is 31.1 Å². The lowest BCUT2D eigenvalue weighted by atomic mass is 9.91. The Balaban J connectivity index is 0.00000484. The average molecular weight is 441 g/mol. The zero-order chi connectivity index (χ0) is 16.3. The molecule has 2 N–H and O–H groups in total. The monoisotopic (exact) mass is 441 g/mol. The first kappa shape index (κ1) is 22.9. The lowest BCUT2D eigenvalue weighted by Gasteiger charge is -2.18. The van der Waals surface area contributed by atoms with Crippen LogP contribution in [0, 0.1) is 11.3 Å². The molecular weight excluding hydrogens is 405 g/mol. The molecule has 5 nitrogen and oxygen atoms in total. The number of hydrogen-bond donors (Lipinski definition) is 2. The maximum Gasteiger partial charge on any atom is 0.190 e. The molecule has 23 heavy (non-hydrogen) atoms. The van der Waals surface area contributed by atoms with Gasteiger partial charge in [0.05, 0.1) is 13.2 Å². The molecule has 0 aromatic heterocycles. The van der Waals surface area contributed by atoms with Gasteiger partial charge < -0.3 is 20.1 Å². The van der Waals surface area contributed by atoms with E-state index in [2.05, 4.69) is 36.4 Å². The van der Waals surface area contributed by atoms with Crippen LogP contribution in [0.5, 0.6) is 0 Å². The summed E-state index contributed by atoms with van der Waals surface area (Å²) in [6.07, 6.45) is 4.52. The van der Waals surface area contributed by atoms with E-state index >= 15 is 0 Å². The highest BCUT2D eigenvalue weighted by Crippen LogP contribution is 2.19. The molecule has 1 saturated heterocycles. The number of hydrogen-bond acceptors (Lipinski definition) is 3. The van der Waals surface area contributed by atoms with Crippen molar-refractivity contribution in [3.63, 3.8) is 0 Å². The molecule has 0 spiro atoms. The molecular formula is C17H36IN3O2. The second kappa shape index (κ2) is 13.2. The Labute approximate surface area is 159 Å². The largest absolute Gasteiger partial charge is 0.381 e. The summed E-state index contributed by atoms with van der Waals surface area (Å²) in [5.74, 6) is 1.49. The molecule has 0 aromatic carbocycles. The predicted octanol–water partition coefficient (Wildman–Crippen LogP) is 3.04. The summed E-state index contributed by atoms with van der Waals surface area (Å²) in [5.41, 5.74) is 0.403. The number of halogens is 1. The zero-order valence-corrected chi connectivity index (χ0v) is 17.7. The van der Waals surface area contributed by atoms with Gasteiger partial charge in [0.1, 0.15) is 0 Å². The molecule has 0 aromatic rings. The Kier molecular flexibility index (Phi) is 13.2. The molecule has 138 valence electrons. The highest BCUT2D eigenvalue weighted by atomic mass is 127. The fourth-order valence-corrected chi connectivity index (χ4v) is 2.39. The van der Waals surface area contributed by atoms with Crippen LogP contribution >= 0.6 is 24.0 Å². The van der Waals surface area contributed by atoms with Gasteiger partial charge in [0.2, 0.25) is 0 Å². The standard InChI is InChI=1S/C17H35N3O2.HI/c1-17(2,3)8-5-9-19-16(18-4)20-10-6-11-21-13-15-7-12-22-14-15;/h15H,5-14H2,1-4H3,(H2,18,19,20);1H. The van der Waals surface area contributed by atoms with Gasteiger partial charge in [0.15, 0.2) is 5.96 Å². The molecule has 1 unspecified atom stereocenters. The first-order valence-corrected chi connectivity index (χ1v) is 8.61. The molecule has 0 radical (unpaired) electrons. The third kappa shape index (κ3) is 12.9. The van der Waals surface area contributed by atoms with E-state index in [0.717, 1.165) is 64.7 Å². The number of aliphatic imine (C=N–C) groups is 1. The molecule has 6 heteroatoms. The Morgan fingerprint density at radius 3 is 2.48 bits per heavy atom. The third-order valence-corrected chi connectivity index (χ3v) is 3.76. The Morgan fingerprint density at radius 2 is 1.91 bits per heavy atom. The predicted molar refractivity (Wildman–Crippen MR) is 108 cm³/mol. The molecule has 0 bridgehead atoms. The average Bonchev–Trinajstić information content (AvgIpc) is 2.97. The molecule has 0 saturated carbocycles. The molecule has 1 fully saturated rings. The smallest absolute Gasteiger partial charge is 0.190 e. The Hall–Kier alpha value is -0.0800. The first-order valence-electron chi connectivity index (χ1n) is 8.61. The van der Waals surface area contributed by atoms with Crippen LogP contribution in [-0.4, -0.2) is 52.5 Å². The number of nitrogens with one attached hydrogen (secondary N) is 2. The summed E-state index contributed by atoms with van der Waals surface area (Å²) < 4.78 is 11.0. The van der Waals surface area contributed by atoms with E-state index in [1.807, 2.05) is 7.05 Å². The fourth-order valence-electron chi connectivity index (χ4n) is 2.39. The van der Waals surface area contributed by atoms with Crippen molar-refractivity contribution >= 4 is 29.9 Å². The van der Waals surface area contributed by atoms with Crippen LogP contribution in [0.3, 0.4) is 0 Å². The topological polar surface area (TPSA) is 54.9 Å². The van der Waals surface area contributed by atoms with Crippen molar-refractivity contribution in [3.05, 3.63) is 0 Å². The van der Waals surface area contributed by atoms with Crippen LogP contribution in [-0.2, 0) is 9.47 Å². The molecule has 1 heterocycles. The minimum absolute atomic E-state index is 0. The Bertz CT molecular complexity index is 313. The summed E-state index contributed by atoms with van der Waals surface area (Å²) in [4.78, 5) is 4.24. The van der Waals surface area contributed by atoms with Crippen molar-refractivity contribution in [1.82, 2.24) is 10.6 Å². The van der Waals surface area contributed by atoms with Crippen LogP contribution < -0.4 is 10.6 Å². The molecule has 1 rings (SSSR count). The summed E-state index contributed by atoms with van der Waals surface area (Å²) >= 11 is 0. The first-order chi connectivity index (χ1) is 10.5. The van der Waals surface area contributed by atoms with Gasteiger partial charge in [-0.15, -0.1) is 24.0 Å². The van der Waals surface area contributed by atoms with Crippen molar-refractivity contribution < 1.29 is 9.47 Å². The molecule has 1 aliphatic rings. The van der Waals surface area contributed by atoms with Crippen LogP contribution in [0.15, 0.2) is 4.99 Å². The number of rotatable bonds is 9. The van der Waals surface area contributed by atoms with E-state index in [0.29, 0.717) is 11.3 Å². The summed E-state index contributed by atoms with van der Waals surface area (Å²) in [5, 5.41) is 6.69. The van der Waals surface area contributed by atoms with Crippen molar-refractivity contribution in [2.45, 2.75) is 46.5 Å². The van der Waals surface area contributed by atoms with Gasteiger partial charge in [-0.2, -0.15) is 0 Å². The van der Waals surface area contributed by atoms with Crippen LogP contribution in [0.25, 0.3) is 0 Å². The zero-order valence-electron chi connectivity index (χ0n) is 15.3. The second-order valence-electron chi connectivity index (χ2n) is 7.25. The SMILES string of the molecule is CN=C(NCCCOCC1CCOC1)NCCCC(C)(C)C.I. The van der Waals surface area contributed by atoms with Crippen molar-refractivity contribution in [2.24, 2.45) is 16.3 Å². The van der Waals surface area contributed by atoms with Crippen LogP contribution in [0.4, 0.5) is 0 Å². The lowest BCUT2D eigenvalue weighted by molar-refractivity contribution is 0.0888. The van der Waals surface area contributed by atoms with E-state index in [1.54, 1.807) is 0 Å². The van der Waals surface area contributed by atoms with Gasteiger partial charge in [0.25, 0.3) is 0 Å². The minimum atomic E-state index is 0. The Morgan fingerprint density at radius 1 is 1.22 bits per heavy atom. The van der Waals surface area contributed by atoms with Gasteiger partial charge in [0, 0.05) is 39.3 Å². The minimum Gasteiger partial charge on any atom is -0.381 e. The van der Waals surface area contributed by atoms with Gasteiger partial charge in [-0.1, -0.05) is 20.8 Å². The highest BCUT2D eigenvalue weighted by Gasteiger charge is 2.15. The maximum absolute atomic E-state index is 5.69. The van der Waals surface area contributed by atoms with Gasteiger partial charge in [-0.25, -0.2) is 0 Å². The van der Waals surface area contributed by atoms with Crippen molar-refractivity contribution in [2.75, 3.05) is 46.6 Å². The normalized spacial score (nSPS) is 18.6. The van der Waals surface area contributed by atoms with E-state index in [4.69, 9.17) is 9.47 Å². The van der Waals surface area contributed by atoms with Crippen molar-refractivity contribution in [3.8, 4) is 0 Å². The third-order valence-electron chi connectivity index (χ3n) is 3.76.